The van der Waals surface area contributed by atoms with Gasteiger partial charge in [-0.25, -0.2) is 4.98 Å². The Morgan fingerprint density at radius 1 is 1.56 bits per heavy atom. The molecule has 4 heteroatoms. The molecule has 1 aromatic rings. The van der Waals surface area contributed by atoms with E-state index in [9.17, 15) is 4.79 Å². The van der Waals surface area contributed by atoms with Crippen molar-refractivity contribution in [2.75, 3.05) is 5.88 Å². The number of hydrogen-bond acceptors (Lipinski definition) is 2. The first-order valence-corrected chi connectivity index (χ1v) is 6.01. The average molecular weight is 239 g/mol. The van der Waals surface area contributed by atoms with Crippen LogP contribution in [0, 0.1) is 6.92 Å². The third-order valence-electron chi connectivity index (χ3n) is 3.07. The molecule has 2 rings (SSSR count). The van der Waals surface area contributed by atoms with Crippen LogP contribution in [0.1, 0.15) is 35.4 Å². The topological polar surface area (TPSA) is 42.0 Å². The largest absolute Gasteiger partial charge is 0.344 e. The second-order valence-electron chi connectivity index (χ2n) is 4.39. The molecule has 0 aromatic carbocycles. The summed E-state index contributed by atoms with van der Waals surface area (Å²) in [5.41, 5.74) is 1.13. The Morgan fingerprint density at radius 2 is 2.31 bits per heavy atom. The van der Waals surface area contributed by atoms with Gasteiger partial charge < -0.3 is 5.32 Å². The van der Waals surface area contributed by atoms with Crippen molar-refractivity contribution in [2.45, 2.75) is 31.7 Å². The molecule has 0 unspecified atom stereocenters. The van der Waals surface area contributed by atoms with Crippen LogP contribution in [0.3, 0.4) is 0 Å². The quantitative estimate of drug-likeness (QED) is 0.821. The first kappa shape index (κ1) is 11.4. The Bertz CT molecular complexity index is 396. The summed E-state index contributed by atoms with van der Waals surface area (Å²) < 4.78 is 0. The van der Waals surface area contributed by atoms with E-state index in [0.29, 0.717) is 11.6 Å². The molecule has 0 saturated heterocycles. The van der Waals surface area contributed by atoms with Gasteiger partial charge in [0.1, 0.15) is 5.69 Å². The average Bonchev–Trinajstić information content (AvgIpc) is 2.23. The molecule has 0 spiro atoms. The Labute approximate surface area is 100 Å². The lowest BCUT2D eigenvalue weighted by atomic mass is 9.78. The van der Waals surface area contributed by atoms with Gasteiger partial charge in [-0.2, -0.15) is 0 Å². The van der Waals surface area contributed by atoms with Gasteiger partial charge >= 0.3 is 0 Å². The number of aromatic nitrogens is 1. The van der Waals surface area contributed by atoms with Crippen LogP contribution >= 0.6 is 11.6 Å². The summed E-state index contributed by atoms with van der Waals surface area (Å²) in [5, 5.41) is 2.99. The van der Waals surface area contributed by atoms with Crippen molar-refractivity contribution in [1.82, 2.24) is 10.3 Å². The fourth-order valence-corrected chi connectivity index (χ4v) is 2.20. The standard InChI is InChI=1S/C12H15ClN2O/c1-9-4-2-5-10(14-9)11(16)15-12(8-13)6-3-7-12/h2,4-5H,3,6-8H2,1H3,(H,15,16). The number of amides is 1. The number of carbonyl (C=O) groups is 1. The van der Waals surface area contributed by atoms with Crippen LogP contribution in [0.5, 0.6) is 0 Å². The van der Waals surface area contributed by atoms with E-state index in [1.807, 2.05) is 19.1 Å². The van der Waals surface area contributed by atoms with Crippen molar-refractivity contribution < 1.29 is 4.79 Å². The Balaban J connectivity index is 2.08. The molecule has 0 atom stereocenters. The molecule has 0 bridgehead atoms. The zero-order valence-electron chi connectivity index (χ0n) is 9.29. The van der Waals surface area contributed by atoms with Gasteiger partial charge in [-0.3, -0.25) is 4.79 Å². The maximum Gasteiger partial charge on any atom is 0.270 e. The number of aryl methyl sites for hydroxylation is 1. The van der Waals surface area contributed by atoms with Crippen LogP contribution in [-0.4, -0.2) is 22.3 Å². The van der Waals surface area contributed by atoms with Gasteiger partial charge in [0.05, 0.1) is 5.54 Å². The van der Waals surface area contributed by atoms with Crippen LogP contribution < -0.4 is 5.32 Å². The van der Waals surface area contributed by atoms with Gasteiger partial charge in [0, 0.05) is 11.6 Å². The van der Waals surface area contributed by atoms with E-state index in [-0.39, 0.29) is 11.4 Å². The number of rotatable bonds is 3. The molecule has 1 fully saturated rings. The highest BCUT2D eigenvalue weighted by atomic mass is 35.5. The van der Waals surface area contributed by atoms with Gasteiger partial charge in [0.15, 0.2) is 0 Å². The zero-order chi connectivity index (χ0) is 11.6. The third-order valence-corrected chi connectivity index (χ3v) is 3.58. The molecular weight excluding hydrogens is 224 g/mol. The molecule has 0 radical (unpaired) electrons. The highest BCUT2D eigenvalue weighted by Crippen LogP contribution is 2.33. The lowest BCUT2D eigenvalue weighted by Gasteiger charge is -2.40. The lowest BCUT2D eigenvalue weighted by Crippen LogP contribution is -2.55. The van der Waals surface area contributed by atoms with Crippen molar-refractivity contribution in [1.29, 1.82) is 0 Å². The normalized spacial score (nSPS) is 17.6. The fourth-order valence-electron chi connectivity index (χ4n) is 1.87. The summed E-state index contributed by atoms with van der Waals surface area (Å²) in [6, 6.07) is 5.44. The second kappa shape index (κ2) is 4.42. The molecule has 1 amide bonds. The monoisotopic (exact) mass is 238 g/mol. The van der Waals surface area contributed by atoms with Crippen molar-refractivity contribution in [3.8, 4) is 0 Å². The van der Waals surface area contributed by atoms with Crippen LogP contribution in [0.25, 0.3) is 0 Å². The van der Waals surface area contributed by atoms with E-state index in [0.717, 1.165) is 25.0 Å². The van der Waals surface area contributed by atoms with Gasteiger partial charge in [-0.15, -0.1) is 11.6 Å². The van der Waals surface area contributed by atoms with Crippen LogP contribution in [0.4, 0.5) is 0 Å². The number of pyridine rings is 1. The summed E-state index contributed by atoms with van der Waals surface area (Å²) in [6.45, 7) is 1.87. The molecule has 1 heterocycles. The van der Waals surface area contributed by atoms with Gasteiger partial charge in [0.2, 0.25) is 0 Å². The van der Waals surface area contributed by atoms with Gasteiger partial charge in [0.25, 0.3) is 5.91 Å². The number of carbonyl (C=O) groups excluding carboxylic acids is 1. The van der Waals surface area contributed by atoms with E-state index in [1.54, 1.807) is 6.07 Å². The minimum absolute atomic E-state index is 0.121. The van der Waals surface area contributed by atoms with Gasteiger partial charge in [-0.05, 0) is 38.3 Å². The number of nitrogens with one attached hydrogen (secondary N) is 1. The van der Waals surface area contributed by atoms with Crippen molar-refractivity contribution >= 4 is 17.5 Å². The highest BCUT2D eigenvalue weighted by Gasteiger charge is 2.37. The van der Waals surface area contributed by atoms with Crippen molar-refractivity contribution in [3.63, 3.8) is 0 Å². The Kier molecular flexibility index (Phi) is 3.15. The summed E-state index contributed by atoms with van der Waals surface area (Å²) in [7, 11) is 0. The number of alkyl halides is 1. The number of nitrogens with zero attached hydrogens (tertiary/aromatic N) is 1. The molecule has 1 aliphatic rings. The number of hydrogen-bond donors (Lipinski definition) is 1. The SMILES string of the molecule is Cc1cccc(C(=O)NC2(CCl)CCC2)n1. The third kappa shape index (κ3) is 2.19. The van der Waals surface area contributed by atoms with Gasteiger partial charge in [-0.1, -0.05) is 6.07 Å². The summed E-state index contributed by atoms with van der Waals surface area (Å²) in [5.74, 6) is 0.355. The van der Waals surface area contributed by atoms with Crippen LogP contribution in [0.2, 0.25) is 0 Å². The second-order valence-corrected chi connectivity index (χ2v) is 4.65. The summed E-state index contributed by atoms with van der Waals surface area (Å²) >= 11 is 5.89. The molecule has 3 nitrogen and oxygen atoms in total. The minimum Gasteiger partial charge on any atom is -0.344 e. The molecular formula is C12H15ClN2O. The highest BCUT2D eigenvalue weighted by molar-refractivity contribution is 6.19. The molecule has 1 aliphatic carbocycles. The van der Waals surface area contributed by atoms with Crippen LogP contribution in [-0.2, 0) is 0 Å². The lowest BCUT2D eigenvalue weighted by molar-refractivity contribution is 0.0848. The predicted octanol–water partition coefficient (Wildman–Crippen LogP) is 2.28. The van der Waals surface area contributed by atoms with E-state index >= 15 is 0 Å². The Morgan fingerprint density at radius 3 is 2.81 bits per heavy atom. The summed E-state index contributed by atoms with van der Waals surface area (Å²) in [4.78, 5) is 16.1. The molecule has 1 N–H and O–H groups in total. The van der Waals surface area contributed by atoms with E-state index in [1.165, 1.54) is 0 Å². The van der Waals surface area contributed by atoms with E-state index in [2.05, 4.69) is 10.3 Å². The van der Waals surface area contributed by atoms with E-state index < -0.39 is 0 Å². The first-order valence-electron chi connectivity index (χ1n) is 5.47. The smallest absolute Gasteiger partial charge is 0.270 e. The maximum absolute atomic E-state index is 11.9. The van der Waals surface area contributed by atoms with Crippen molar-refractivity contribution in [2.24, 2.45) is 0 Å². The molecule has 86 valence electrons. The molecule has 16 heavy (non-hydrogen) atoms. The number of halogens is 1. The maximum atomic E-state index is 11.9. The molecule has 1 saturated carbocycles. The van der Waals surface area contributed by atoms with Crippen molar-refractivity contribution in [3.05, 3.63) is 29.6 Å². The summed E-state index contributed by atoms with van der Waals surface area (Å²) in [6.07, 6.45) is 3.07. The van der Waals surface area contributed by atoms with Crippen LogP contribution in [0.15, 0.2) is 18.2 Å². The molecule has 0 aliphatic heterocycles. The predicted molar refractivity (Wildman–Crippen MR) is 63.7 cm³/mol. The minimum atomic E-state index is -0.190. The Hall–Kier alpha value is -1.09. The zero-order valence-corrected chi connectivity index (χ0v) is 10.0. The first-order chi connectivity index (χ1) is 7.65. The fraction of sp³-hybridized carbons (Fsp3) is 0.500. The van der Waals surface area contributed by atoms with E-state index in [4.69, 9.17) is 11.6 Å². The molecule has 1 aromatic heterocycles.